The molecular formula is C21H26N4O3. The third kappa shape index (κ3) is 4.08. The third-order valence-corrected chi connectivity index (χ3v) is 5.69. The summed E-state index contributed by atoms with van der Waals surface area (Å²) in [6.07, 6.45) is 9.27. The van der Waals surface area contributed by atoms with Gasteiger partial charge in [0.1, 0.15) is 12.1 Å². The van der Waals surface area contributed by atoms with E-state index in [2.05, 4.69) is 15.3 Å². The highest BCUT2D eigenvalue weighted by atomic mass is 16.3. The van der Waals surface area contributed by atoms with Crippen molar-refractivity contribution in [3.05, 3.63) is 41.7 Å². The second kappa shape index (κ2) is 8.12. The highest BCUT2D eigenvalue weighted by Crippen LogP contribution is 2.33. The van der Waals surface area contributed by atoms with Crippen molar-refractivity contribution in [1.29, 1.82) is 0 Å². The van der Waals surface area contributed by atoms with E-state index in [4.69, 9.17) is 4.42 Å². The molecule has 1 N–H and O–H groups in total. The molecule has 0 spiro atoms. The van der Waals surface area contributed by atoms with E-state index in [0.29, 0.717) is 36.4 Å². The van der Waals surface area contributed by atoms with Crippen LogP contribution < -0.4 is 5.32 Å². The molecule has 148 valence electrons. The van der Waals surface area contributed by atoms with Crippen LogP contribution in [0.1, 0.15) is 66.4 Å². The van der Waals surface area contributed by atoms with E-state index >= 15 is 0 Å². The number of aromatic nitrogens is 2. The fourth-order valence-electron chi connectivity index (χ4n) is 4.05. The maximum absolute atomic E-state index is 12.9. The smallest absolute Gasteiger partial charge is 0.275 e. The van der Waals surface area contributed by atoms with Gasteiger partial charge in [0.15, 0.2) is 11.6 Å². The number of amides is 2. The molecular weight excluding hydrogens is 356 g/mol. The van der Waals surface area contributed by atoms with Gasteiger partial charge in [-0.15, -0.1) is 0 Å². The van der Waals surface area contributed by atoms with Gasteiger partial charge in [0.25, 0.3) is 5.91 Å². The minimum Gasteiger partial charge on any atom is -0.448 e. The van der Waals surface area contributed by atoms with Crippen molar-refractivity contribution in [1.82, 2.24) is 14.9 Å². The summed E-state index contributed by atoms with van der Waals surface area (Å²) in [7, 11) is 0. The van der Waals surface area contributed by atoms with Gasteiger partial charge < -0.3 is 14.6 Å². The number of rotatable bonds is 4. The standard InChI is InChI=1S/C21H26N4O3/c1-14-8-9-18(22-11-14)24-19(26)16-7-4-10-25(12-16)21(27)17-13-28-20(23-17)15-5-2-3-6-15/h8-9,11,13,15-16H,2-7,10,12H2,1H3,(H,22,24,26)/t16-/m0/s1. The van der Waals surface area contributed by atoms with Crippen LogP contribution >= 0.6 is 0 Å². The number of carbonyl (C=O) groups excluding carboxylic acids is 2. The summed E-state index contributed by atoms with van der Waals surface area (Å²) in [4.78, 5) is 35.8. The number of piperidine rings is 1. The van der Waals surface area contributed by atoms with Crippen LogP contribution in [0.3, 0.4) is 0 Å². The van der Waals surface area contributed by atoms with E-state index in [9.17, 15) is 9.59 Å². The lowest BCUT2D eigenvalue weighted by molar-refractivity contribution is -0.121. The van der Waals surface area contributed by atoms with Crippen molar-refractivity contribution in [2.75, 3.05) is 18.4 Å². The van der Waals surface area contributed by atoms with Crippen LogP contribution in [0.15, 0.2) is 29.0 Å². The van der Waals surface area contributed by atoms with Crippen molar-refractivity contribution in [3.8, 4) is 0 Å². The predicted octanol–water partition coefficient (Wildman–Crippen LogP) is 3.53. The quantitative estimate of drug-likeness (QED) is 0.874. The molecule has 28 heavy (non-hydrogen) atoms. The van der Waals surface area contributed by atoms with Gasteiger partial charge in [0.05, 0.1) is 5.92 Å². The molecule has 2 aromatic rings. The van der Waals surface area contributed by atoms with Crippen LogP contribution in [-0.2, 0) is 4.79 Å². The Balaban J connectivity index is 1.38. The Hall–Kier alpha value is -2.70. The van der Waals surface area contributed by atoms with E-state index in [1.54, 1.807) is 17.2 Å². The Morgan fingerprint density at radius 1 is 1.18 bits per heavy atom. The topological polar surface area (TPSA) is 88.3 Å². The van der Waals surface area contributed by atoms with Gasteiger partial charge in [0.2, 0.25) is 5.91 Å². The van der Waals surface area contributed by atoms with Crippen LogP contribution in [0.25, 0.3) is 0 Å². The highest BCUT2D eigenvalue weighted by Gasteiger charge is 2.31. The second-order valence-electron chi connectivity index (χ2n) is 7.85. The molecule has 1 aliphatic heterocycles. The first-order valence-corrected chi connectivity index (χ1v) is 10.1. The molecule has 2 aromatic heterocycles. The second-order valence-corrected chi connectivity index (χ2v) is 7.85. The van der Waals surface area contributed by atoms with Crippen molar-refractivity contribution < 1.29 is 14.0 Å². The molecule has 1 saturated heterocycles. The first-order valence-electron chi connectivity index (χ1n) is 10.1. The number of nitrogens with zero attached hydrogens (tertiary/aromatic N) is 3. The molecule has 7 nitrogen and oxygen atoms in total. The minimum absolute atomic E-state index is 0.0966. The van der Waals surface area contributed by atoms with Crippen LogP contribution in [0.4, 0.5) is 5.82 Å². The molecule has 4 rings (SSSR count). The lowest BCUT2D eigenvalue weighted by Crippen LogP contribution is -2.44. The zero-order valence-corrected chi connectivity index (χ0v) is 16.2. The van der Waals surface area contributed by atoms with Crippen LogP contribution in [0.2, 0.25) is 0 Å². The SMILES string of the molecule is Cc1ccc(NC(=O)[C@H]2CCCN(C(=O)c3coc(C4CCCC4)n3)C2)nc1. The third-order valence-electron chi connectivity index (χ3n) is 5.69. The molecule has 0 unspecified atom stereocenters. The average molecular weight is 382 g/mol. The maximum atomic E-state index is 12.9. The van der Waals surface area contributed by atoms with Gasteiger partial charge in [-0.05, 0) is 44.2 Å². The van der Waals surface area contributed by atoms with Gasteiger partial charge in [-0.1, -0.05) is 18.9 Å². The van der Waals surface area contributed by atoms with E-state index in [1.165, 1.54) is 19.1 Å². The number of hydrogen-bond donors (Lipinski definition) is 1. The first-order chi connectivity index (χ1) is 13.6. The number of carbonyl (C=O) groups is 2. The summed E-state index contributed by atoms with van der Waals surface area (Å²) in [6.45, 7) is 2.98. The molecule has 2 aliphatic rings. The molecule has 2 fully saturated rings. The molecule has 1 atom stereocenters. The monoisotopic (exact) mass is 382 g/mol. The number of nitrogens with one attached hydrogen (secondary N) is 1. The lowest BCUT2D eigenvalue weighted by Gasteiger charge is -2.31. The fraction of sp³-hybridized carbons (Fsp3) is 0.524. The van der Waals surface area contributed by atoms with E-state index < -0.39 is 0 Å². The Bertz CT molecular complexity index is 840. The Morgan fingerprint density at radius 3 is 2.75 bits per heavy atom. The predicted molar refractivity (Wildman–Crippen MR) is 104 cm³/mol. The zero-order valence-electron chi connectivity index (χ0n) is 16.2. The molecule has 0 bridgehead atoms. The summed E-state index contributed by atoms with van der Waals surface area (Å²) in [5.41, 5.74) is 1.39. The van der Waals surface area contributed by atoms with E-state index in [0.717, 1.165) is 31.2 Å². The zero-order chi connectivity index (χ0) is 19.5. The molecule has 1 aliphatic carbocycles. The van der Waals surface area contributed by atoms with Crippen LogP contribution in [-0.4, -0.2) is 39.8 Å². The number of anilines is 1. The number of likely N-dealkylation sites (tertiary alicyclic amines) is 1. The molecule has 0 aromatic carbocycles. The first kappa shape index (κ1) is 18.7. The Morgan fingerprint density at radius 2 is 2.00 bits per heavy atom. The van der Waals surface area contributed by atoms with E-state index in [-0.39, 0.29) is 17.7 Å². The maximum Gasteiger partial charge on any atom is 0.275 e. The minimum atomic E-state index is -0.248. The molecule has 3 heterocycles. The molecule has 1 saturated carbocycles. The van der Waals surface area contributed by atoms with Crippen LogP contribution in [0.5, 0.6) is 0 Å². The summed E-state index contributed by atoms with van der Waals surface area (Å²) < 4.78 is 5.58. The fourth-order valence-corrected chi connectivity index (χ4v) is 4.05. The molecule has 0 radical (unpaired) electrons. The van der Waals surface area contributed by atoms with Crippen molar-refractivity contribution in [2.24, 2.45) is 5.92 Å². The number of pyridine rings is 1. The summed E-state index contributed by atoms with van der Waals surface area (Å²) in [5.74, 6) is 1.06. The lowest BCUT2D eigenvalue weighted by atomic mass is 9.97. The molecule has 2 amide bonds. The van der Waals surface area contributed by atoms with Crippen molar-refractivity contribution >= 4 is 17.6 Å². The Kier molecular flexibility index (Phi) is 5.41. The normalized spacial score (nSPS) is 20.3. The summed E-state index contributed by atoms with van der Waals surface area (Å²) in [6, 6.07) is 3.70. The van der Waals surface area contributed by atoms with Gasteiger partial charge in [0, 0.05) is 25.2 Å². The number of oxazole rings is 1. The highest BCUT2D eigenvalue weighted by molar-refractivity contribution is 5.94. The van der Waals surface area contributed by atoms with Gasteiger partial charge >= 0.3 is 0 Å². The van der Waals surface area contributed by atoms with Gasteiger partial charge in [-0.2, -0.15) is 0 Å². The number of aryl methyl sites for hydroxylation is 1. The van der Waals surface area contributed by atoms with Crippen LogP contribution in [0, 0.1) is 12.8 Å². The van der Waals surface area contributed by atoms with Crippen molar-refractivity contribution in [2.45, 2.75) is 51.4 Å². The number of hydrogen-bond acceptors (Lipinski definition) is 5. The Labute approximate surface area is 164 Å². The molecule has 7 heteroatoms. The van der Waals surface area contributed by atoms with Crippen molar-refractivity contribution in [3.63, 3.8) is 0 Å². The summed E-state index contributed by atoms with van der Waals surface area (Å²) >= 11 is 0. The summed E-state index contributed by atoms with van der Waals surface area (Å²) in [5, 5.41) is 2.86. The average Bonchev–Trinajstić information content (AvgIpc) is 3.41. The van der Waals surface area contributed by atoms with E-state index in [1.807, 2.05) is 13.0 Å². The van der Waals surface area contributed by atoms with Gasteiger partial charge in [-0.3, -0.25) is 9.59 Å². The largest absolute Gasteiger partial charge is 0.448 e. The van der Waals surface area contributed by atoms with Gasteiger partial charge in [-0.25, -0.2) is 9.97 Å².